The predicted molar refractivity (Wildman–Crippen MR) is 64.2 cm³/mol. The lowest BCUT2D eigenvalue weighted by molar-refractivity contribution is 0.148. The Bertz CT molecular complexity index is 261. The number of rotatable bonds is 8. The van der Waals surface area contributed by atoms with E-state index in [2.05, 4.69) is 22.3 Å². The first-order valence-corrected chi connectivity index (χ1v) is 6.31. The van der Waals surface area contributed by atoms with Crippen LogP contribution in [-0.2, 0) is 0 Å². The zero-order valence-electron chi connectivity index (χ0n) is 10.3. The monoisotopic (exact) mass is 225 g/mol. The van der Waals surface area contributed by atoms with Gasteiger partial charge in [0.1, 0.15) is 0 Å². The third-order valence-electron chi connectivity index (χ3n) is 3.04. The summed E-state index contributed by atoms with van der Waals surface area (Å²) in [5.74, 6) is 0.347. The maximum absolute atomic E-state index is 9.73. The minimum absolute atomic E-state index is 0.219. The van der Waals surface area contributed by atoms with E-state index in [9.17, 15) is 5.11 Å². The molecule has 1 aromatic heterocycles. The van der Waals surface area contributed by atoms with Crippen LogP contribution in [0.25, 0.3) is 0 Å². The molecule has 0 aliphatic heterocycles. The van der Waals surface area contributed by atoms with E-state index in [0.717, 1.165) is 25.0 Å². The van der Waals surface area contributed by atoms with Gasteiger partial charge in [0.2, 0.25) is 0 Å². The lowest BCUT2D eigenvalue weighted by Gasteiger charge is -2.17. The van der Waals surface area contributed by atoms with Gasteiger partial charge >= 0.3 is 0 Å². The molecule has 1 heterocycles. The first-order valence-electron chi connectivity index (χ1n) is 6.31. The molecule has 92 valence electrons. The topological polar surface area (TPSA) is 61.8 Å². The lowest BCUT2D eigenvalue weighted by atomic mass is 9.92. The first-order chi connectivity index (χ1) is 7.77. The Kier molecular flexibility index (Phi) is 6.08. The fraction of sp³-hybridized carbons (Fsp3) is 0.833. The second-order valence-corrected chi connectivity index (χ2v) is 4.39. The largest absolute Gasteiger partial charge is 0.393 e. The molecule has 4 nitrogen and oxygen atoms in total. The molecule has 0 saturated heterocycles. The van der Waals surface area contributed by atoms with Gasteiger partial charge in [-0.3, -0.25) is 0 Å². The smallest absolute Gasteiger partial charge is 0.0856 e. The number of aliphatic hydroxyl groups excluding tert-OH is 1. The highest BCUT2D eigenvalue weighted by molar-refractivity contribution is 5.01. The van der Waals surface area contributed by atoms with Crippen LogP contribution in [0.4, 0.5) is 0 Å². The molecule has 0 spiro atoms. The Morgan fingerprint density at radius 2 is 2.19 bits per heavy atom. The third kappa shape index (κ3) is 4.31. The Labute approximate surface area is 97.5 Å². The van der Waals surface area contributed by atoms with Crippen molar-refractivity contribution in [1.82, 2.24) is 15.4 Å². The zero-order chi connectivity index (χ0) is 11.8. The van der Waals surface area contributed by atoms with Crippen molar-refractivity contribution in [2.45, 2.75) is 64.4 Å². The van der Waals surface area contributed by atoms with Crippen LogP contribution < -0.4 is 0 Å². The van der Waals surface area contributed by atoms with Crippen LogP contribution in [0.2, 0.25) is 0 Å². The van der Waals surface area contributed by atoms with Crippen molar-refractivity contribution in [2.24, 2.45) is 0 Å². The summed E-state index contributed by atoms with van der Waals surface area (Å²) in [6.45, 7) is 4.21. The van der Waals surface area contributed by atoms with E-state index in [-0.39, 0.29) is 6.10 Å². The summed E-state index contributed by atoms with van der Waals surface area (Å²) >= 11 is 0. The number of nitrogens with one attached hydrogen (secondary N) is 1. The van der Waals surface area contributed by atoms with Gasteiger partial charge in [-0.05, 0) is 19.3 Å². The van der Waals surface area contributed by atoms with Crippen LogP contribution in [0.5, 0.6) is 0 Å². The number of unbranched alkanes of at least 4 members (excludes halogenated alkanes) is 2. The van der Waals surface area contributed by atoms with Gasteiger partial charge in [-0.2, -0.15) is 15.4 Å². The van der Waals surface area contributed by atoms with Crippen molar-refractivity contribution >= 4 is 0 Å². The van der Waals surface area contributed by atoms with Crippen LogP contribution in [-0.4, -0.2) is 26.6 Å². The van der Waals surface area contributed by atoms with Crippen LogP contribution in [0, 0.1) is 0 Å². The molecule has 0 saturated carbocycles. The summed E-state index contributed by atoms with van der Waals surface area (Å²) < 4.78 is 0. The third-order valence-corrected chi connectivity index (χ3v) is 3.04. The van der Waals surface area contributed by atoms with E-state index in [1.807, 2.05) is 6.92 Å². The van der Waals surface area contributed by atoms with Crippen molar-refractivity contribution in [3.63, 3.8) is 0 Å². The van der Waals surface area contributed by atoms with Crippen molar-refractivity contribution < 1.29 is 5.11 Å². The van der Waals surface area contributed by atoms with E-state index >= 15 is 0 Å². The van der Waals surface area contributed by atoms with Crippen molar-refractivity contribution in [2.75, 3.05) is 0 Å². The molecule has 0 aliphatic rings. The molecule has 1 aromatic rings. The van der Waals surface area contributed by atoms with Crippen LogP contribution in [0.1, 0.15) is 64.0 Å². The Morgan fingerprint density at radius 1 is 1.38 bits per heavy atom. The minimum Gasteiger partial charge on any atom is -0.393 e. The molecule has 1 rings (SSSR count). The van der Waals surface area contributed by atoms with Gasteiger partial charge < -0.3 is 5.11 Å². The molecule has 0 aliphatic carbocycles. The molecule has 0 fully saturated rings. The Balaban J connectivity index is 2.48. The maximum atomic E-state index is 9.73. The molecule has 2 N–H and O–H groups in total. The molecule has 0 radical (unpaired) electrons. The summed E-state index contributed by atoms with van der Waals surface area (Å²) in [6, 6.07) is 0. The van der Waals surface area contributed by atoms with Gasteiger partial charge in [-0.25, -0.2) is 0 Å². The first kappa shape index (κ1) is 13.2. The number of hydrogen-bond donors (Lipinski definition) is 2. The van der Waals surface area contributed by atoms with Crippen LogP contribution in [0.15, 0.2) is 6.20 Å². The number of hydrogen-bond acceptors (Lipinski definition) is 3. The number of aromatic amines is 1. The molecular formula is C12H23N3O. The van der Waals surface area contributed by atoms with Gasteiger partial charge in [-0.15, -0.1) is 0 Å². The molecular weight excluding hydrogens is 202 g/mol. The second kappa shape index (κ2) is 7.39. The predicted octanol–water partition coefficient (Wildman–Crippen LogP) is 2.63. The molecule has 0 bridgehead atoms. The zero-order valence-corrected chi connectivity index (χ0v) is 10.3. The molecule has 2 unspecified atom stereocenters. The number of H-pyrrole nitrogens is 1. The van der Waals surface area contributed by atoms with Gasteiger partial charge in [-0.1, -0.05) is 33.1 Å². The lowest BCUT2D eigenvalue weighted by Crippen LogP contribution is -2.12. The molecule has 0 amide bonds. The van der Waals surface area contributed by atoms with Crippen molar-refractivity contribution in [1.29, 1.82) is 0 Å². The van der Waals surface area contributed by atoms with Gasteiger partial charge in [0.05, 0.1) is 18.0 Å². The molecule has 0 aromatic carbocycles. The average molecular weight is 225 g/mol. The van der Waals surface area contributed by atoms with Crippen molar-refractivity contribution in [3.8, 4) is 0 Å². The fourth-order valence-electron chi connectivity index (χ4n) is 1.93. The number of aliphatic hydroxyl groups is 1. The Morgan fingerprint density at radius 3 is 2.75 bits per heavy atom. The summed E-state index contributed by atoms with van der Waals surface area (Å²) in [6.07, 6.45) is 7.93. The minimum atomic E-state index is -0.219. The molecule has 4 heteroatoms. The summed E-state index contributed by atoms with van der Waals surface area (Å²) in [5, 5.41) is 20.4. The fourth-order valence-corrected chi connectivity index (χ4v) is 1.93. The maximum Gasteiger partial charge on any atom is 0.0856 e. The van der Waals surface area contributed by atoms with Gasteiger partial charge in [0.25, 0.3) is 0 Å². The summed E-state index contributed by atoms with van der Waals surface area (Å²) in [4.78, 5) is 0. The van der Waals surface area contributed by atoms with Gasteiger partial charge in [0, 0.05) is 5.92 Å². The molecule has 2 atom stereocenters. The Hall–Kier alpha value is -0.900. The average Bonchev–Trinajstić information content (AvgIpc) is 2.81. The molecule has 16 heavy (non-hydrogen) atoms. The second-order valence-electron chi connectivity index (χ2n) is 4.39. The highest BCUT2D eigenvalue weighted by Gasteiger charge is 2.17. The van der Waals surface area contributed by atoms with E-state index in [1.54, 1.807) is 6.20 Å². The standard InChI is InChI=1S/C12H23N3O/c1-3-5-6-7-10(8-11(16)4-2)12-9-13-15-14-12/h9-11,16H,3-8H2,1-2H3,(H,13,14,15). The van der Waals surface area contributed by atoms with E-state index in [1.165, 1.54) is 19.3 Å². The number of nitrogens with zero attached hydrogens (tertiary/aromatic N) is 2. The normalized spacial score (nSPS) is 14.9. The van der Waals surface area contributed by atoms with Gasteiger partial charge in [0.15, 0.2) is 0 Å². The van der Waals surface area contributed by atoms with Crippen LogP contribution in [0.3, 0.4) is 0 Å². The SMILES string of the molecule is CCCCCC(CC(O)CC)c1cn[nH]n1. The van der Waals surface area contributed by atoms with E-state index < -0.39 is 0 Å². The van der Waals surface area contributed by atoms with Crippen molar-refractivity contribution in [3.05, 3.63) is 11.9 Å². The number of aromatic nitrogens is 3. The van der Waals surface area contributed by atoms with Crippen LogP contribution >= 0.6 is 0 Å². The van der Waals surface area contributed by atoms with E-state index in [0.29, 0.717) is 5.92 Å². The quantitative estimate of drug-likeness (QED) is 0.668. The summed E-state index contributed by atoms with van der Waals surface area (Å²) in [5.41, 5.74) is 0.989. The highest BCUT2D eigenvalue weighted by atomic mass is 16.3. The summed E-state index contributed by atoms with van der Waals surface area (Å²) in [7, 11) is 0. The highest BCUT2D eigenvalue weighted by Crippen LogP contribution is 2.25. The van der Waals surface area contributed by atoms with E-state index in [4.69, 9.17) is 0 Å².